The Morgan fingerprint density at radius 2 is 1.82 bits per heavy atom. The number of rotatable bonds is 6. The van der Waals surface area contributed by atoms with Crippen LogP contribution < -0.4 is 10.5 Å². The lowest BCUT2D eigenvalue weighted by molar-refractivity contribution is 0.240. The summed E-state index contributed by atoms with van der Waals surface area (Å²) in [6.45, 7) is 8.36. The molecule has 2 fully saturated rings. The number of nitrogens with two attached hydrogens (primary N) is 1. The molecule has 0 amide bonds. The van der Waals surface area contributed by atoms with Crippen molar-refractivity contribution < 1.29 is 4.74 Å². The molecular weight excluding hydrogens is 424 g/mol. The number of benzene rings is 1. The number of nitrogens with zero attached hydrogens (tertiary/aromatic N) is 5. The molecule has 4 heterocycles. The monoisotopic (exact) mass is 456 g/mol. The van der Waals surface area contributed by atoms with Crippen LogP contribution in [0.5, 0.6) is 5.75 Å². The van der Waals surface area contributed by atoms with Crippen LogP contribution in [0.2, 0.25) is 0 Å². The van der Waals surface area contributed by atoms with Gasteiger partial charge in [0.1, 0.15) is 11.4 Å². The number of pyridine rings is 2. The Morgan fingerprint density at radius 3 is 2.56 bits per heavy atom. The van der Waals surface area contributed by atoms with Gasteiger partial charge in [0, 0.05) is 42.3 Å². The summed E-state index contributed by atoms with van der Waals surface area (Å²) in [5, 5.41) is 10.1. The molecule has 0 spiro atoms. The third-order valence-electron chi connectivity index (χ3n) is 7.15. The second kappa shape index (κ2) is 8.32. The van der Waals surface area contributed by atoms with Crippen LogP contribution >= 0.6 is 0 Å². The molecule has 0 bridgehead atoms. The fourth-order valence-electron chi connectivity index (χ4n) is 5.15. The van der Waals surface area contributed by atoms with Gasteiger partial charge in [0.05, 0.1) is 11.6 Å². The van der Waals surface area contributed by atoms with Crippen LogP contribution in [0.3, 0.4) is 0 Å². The Hall–Kier alpha value is -3.03. The topological polar surface area (TPSA) is 81.6 Å². The molecular formula is C27H32N6O. The van der Waals surface area contributed by atoms with E-state index in [0.29, 0.717) is 5.92 Å². The van der Waals surface area contributed by atoms with Crippen molar-refractivity contribution in [2.75, 3.05) is 13.1 Å². The average molecular weight is 457 g/mol. The molecule has 0 radical (unpaired) electrons. The van der Waals surface area contributed by atoms with Crippen molar-refractivity contribution in [1.29, 1.82) is 0 Å². The van der Waals surface area contributed by atoms with Crippen LogP contribution in [-0.2, 0) is 0 Å². The standard InChI is InChI=1S/C27H32N6O/c1-16(2)34-23-10-7-19-6-9-22(29-26(19)25(23)18-4-5-18)27-31-30-24-11-8-20(14-33(24)27)17(3)32-13-12-21(28)15-32/h6-11,14,16-18,21H,4-5,12-13,15,28H2,1-3H3/t17-,21-/m0/s1. The molecule has 1 saturated carbocycles. The smallest absolute Gasteiger partial charge is 0.187 e. The largest absolute Gasteiger partial charge is 0.491 e. The first-order valence-corrected chi connectivity index (χ1v) is 12.4. The van der Waals surface area contributed by atoms with Gasteiger partial charge in [-0.1, -0.05) is 12.1 Å². The highest BCUT2D eigenvalue weighted by Crippen LogP contribution is 2.47. The van der Waals surface area contributed by atoms with Gasteiger partial charge in [-0.15, -0.1) is 10.2 Å². The molecule has 1 aromatic carbocycles. The van der Waals surface area contributed by atoms with E-state index in [4.69, 9.17) is 15.5 Å². The number of aromatic nitrogens is 4. The number of hydrogen-bond acceptors (Lipinski definition) is 6. The van der Waals surface area contributed by atoms with Gasteiger partial charge < -0.3 is 10.5 Å². The Morgan fingerprint density at radius 1 is 1.00 bits per heavy atom. The van der Waals surface area contributed by atoms with Gasteiger partial charge in [-0.05, 0) is 75.8 Å². The Labute approximate surface area is 199 Å². The maximum atomic E-state index is 6.17. The Balaban J connectivity index is 1.43. The maximum absolute atomic E-state index is 6.17. The number of likely N-dealkylation sites (tertiary alicyclic amines) is 1. The van der Waals surface area contributed by atoms with Gasteiger partial charge in [-0.2, -0.15) is 0 Å². The Kier molecular flexibility index (Phi) is 5.26. The minimum atomic E-state index is 0.129. The quantitative estimate of drug-likeness (QED) is 0.453. The van der Waals surface area contributed by atoms with Crippen molar-refractivity contribution in [2.45, 2.75) is 64.1 Å². The molecule has 1 aliphatic heterocycles. The third kappa shape index (κ3) is 3.83. The second-order valence-electron chi connectivity index (χ2n) is 10.1. The van der Waals surface area contributed by atoms with E-state index in [9.17, 15) is 0 Å². The number of hydrogen-bond donors (Lipinski definition) is 1. The molecule has 2 aliphatic rings. The molecule has 3 aromatic heterocycles. The van der Waals surface area contributed by atoms with Crippen molar-refractivity contribution in [3.63, 3.8) is 0 Å². The zero-order valence-corrected chi connectivity index (χ0v) is 20.1. The van der Waals surface area contributed by atoms with Crippen LogP contribution in [-0.4, -0.2) is 49.7 Å². The highest BCUT2D eigenvalue weighted by atomic mass is 16.5. The van der Waals surface area contributed by atoms with Gasteiger partial charge >= 0.3 is 0 Å². The number of ether oxygens (including phenoxy) is 1. The van der Waals surface area contributed by atoms with E-state index in [1.165, 1.54) is 24.0 Å². The Bertz CT molecular complexity index is 1360. The van der Waals surface area contributed by atoms with Crippen LogP contribution in [0.4, 0.5) is 0 Å². The van der Waals surface area contributed by atoms with Crippen LogP contribution in [0.25, 0.3) is 28.1 Å². The minimum absolute atomic E-state index is 0.129. The van der Waals surface area contributed by atoms with Crippen LogP contribution in [0.1, 0.15) is 63.1 Å². The van der Waals surface area contributed by atoms with Gasteiger partial charge in [-0.3, -0.25) is 9.30 Å². The molecule has 7 heteroatoms. The van der Waals surface area contributed by atoms with Gasteiger partial charge in [0.15, 0.2) is 11.5 Å². The molecule has 34 heavy (non-hydrogen) atoms. The summed E-state index contributed by atoms with van der Waals surface area (Å²) < 4.78 is 8.24. The highest BCUT2D eigenvalue weighted by Gasteiger charge is 2.30. The molecule has 4 aromatic rings. The molecule has 6 rings (SSSR count). The van der Waals surface area contributed by atoms with Crippen molar-refractivity contribution in [1.82, 2.24) is 24.5 Å². The lowest BCUT2D eigenvalue weighted by Crippen LogP contribution is -2.28. The van der Waals surface area contributed by atoms with E-state index < -0.39 is 0 Å². The van der Waals surface area contributed by atoms with Crippen molar-refractivity contribution in [3.05, 3.63) is 53.7 Å². The number of fused-ring (bicyclic) bond motifs is 2. The van der Waals surface area contributed by atoms with Crippen LogP contribution in [0.15, 0.2) is 42.6 Å². The predicted octanol–water partition coefficient (Wildman–Crippen LogP) is 4.70. The van der Waals surface area contributed by atoms with Gasteiger partial charge in [0.2, 0.25) is 0 Å². The SMILES string of the molecule is CC(C)Oc1ccc2ccc(-c3nnc4ccc([C@H](C)N5CC[C@H](N)C5)cn34)nc2c1C1CC1. The fourth-order valence-corrected chi connectivity index (χ4v) is 5.15. The first-order valence-electron chi connectivity index (χ1n) is 12.4. The summed E-state index contributed by atoms with van der Waals surface area (Å²) >= 11 is 0. The van der Waals surface area contributed by atoms with E-state index in [1.807, 2.05) is 12.1 Å². The van der Waals surface area contributed by atoms with E-state index in [-0.39, 0.29) is 18.2 Å². The van der Waals surface area contributed by atoms with E-state index in [0.717, 1.165) is 53.3 Å². The highest BCUT2D eigenvalue weighted by molar-refractivity contribution is 5.87. The molecule has 1 saturated heterocycles. The predicted molar refractivity (Wildman–Crippen MR) is 134 cm³/mol. The van der Waals surface area contributed by atoms with E-state index in [1.54, 1.807) is 0 Å². The molecule has 7 nitrogen and oxygen atoms in total. The second-order valence-corrected chi connectivity index (χ2v) is 10.1. The normalized spacial score (nSPS) is 20.0. The van der Waals surface area contributed by atoms with E-state index >= 15 is 0 Å². The summed E-state index contributed by atoms with van der Waals surface area (Å²) in [5.74, 6) is 2.25. The van der Waals surface area contributed by atoms with Crippen molar-refractivity contribution in [3.8, 4) is 17.3 Å². The third-order valence-corrected chi connectivity index (χ3v) is 7.15. The lowest BCUT2D eigenvalue weighted by atomic mass is 10.0. The zero-order valence-electron chi connectivity index (χ0n) is 20.1. The minimum Gasteiger partial charge on any atom is -0.491 e. The summed E-state index contributed by atoms with van der Waals surface area (Å²) in [5.41, 5.74) is 11.3. The summed E-state index contributed by atoms with van der Waals surface area (Å²) in [6, 6.07) is 13.1. The molecule has 2 atom stereocenters. The van der Waals surface area contributed by atoms with E-state index in [2.05, 4.69) is 70.7 Å². The van der Waals surface area contributed by atoms with Gasteiger partial charge in [-0.25, -0.2) is 4.98 Å². The van der Waals surface area contributed by atoms with Crippen molar-refractivity contribution >= 4 is 16.6 Å². The first kappa shape index (κ1) is 21.5. The molecule has 2 N–H and O–H groups in total. The molecule has 0 unspecified atom stereocenters. The fraction of sp³-hybridized carbons (Fsp3) is 0.444. The average Bonchev–Trinajstić information content (AvgIpc) is 3.42. The lowest BCUT2D eigenvalue weighted by Gasteiger charge is -2.24. The zero-order chi connectivity index (χ0) is 23.4. The summed E-state index contributed by atoms with van der Waals surface area (Å²) in [4.78, 5) is 7.58. The molecule has 1 aliphatic carbocycles. The molecule has 176 valence electrons. The maximum Gasteiger partial charge on any atom is 0.187 e. The van der Waals surface area contributed by atoms with Crippen molar-refractivity contribution in [2.24, 2.45) is 5.73 Å². The summed E-state index contributed by atoms with van der Waals surface area (Å²) in [7, 11) is 0. The van der Waals surface area contributed by atoms with Crippen LogP contribution in [0, 0.1) is 0 Å². The first-order chi connectivity index (χ1) is 16.5. The van der Waals surface area contributed by atoms with Gasteiger partial charge in [0.25, 0.3) is 0 Å². The summed E-state index contributed by atoms with van der Waals surface area (Å²) in [6.07, 6.45) is 5.72.